The fourth-order valence-electron chi connectivity index (χ4n) is 1.66. The van der Waals surface area contributed by atoms with Crippen LogP contribution in [0.5, 0.6) is 0 Å². The molecule has 0 aromatic heterocycles. The van der Waals surface area contributed by atoms with Gasteiger partial charge in [-0.3, -0.25) is 0 Å². The molecule has 7 heteroatoms. The van der Waals surface area contributed by atoms with E-state index in [1.165, 1.54) is 7.11 Å². The number of rotatable bonds is 6. The highest BCUT2D eigenvalue weighted by Gasteiger charge is 2.17. The minimum absolute atomic E-state index is 0.107. The second-order valence-electron chi connectivity index (χ2n) is 4.90. The van der Waals surface area contributed by atoms with Crippen molar-refractivity contribution < 1.29 is 23.8 Å². The summed E-state index contributed by atoms with van der Waals surface area (Å²) in [5, 5.41) is 13.8. The van der Waals surface area contributed by atoms with Gasteiger partial charge in [0.1, 0.15) is 5.82 Å². The average molecular weight is 298 g/mol. The number of nitrogens with one attached hydrogen (secondary N) is 2. The molecule has 3 N–H and O–H groups in total. The third-order valence-corrected chi connectivity index (χ3v) is 2.93. The highest BCUT2D eigenvalue weighted by molar-refractivity contribution is 5.93. The van der Waals surface area contributed by atoms with Gasteiger partial charge in [-0.1, -0.05) is 13.8 Å². The molecule has 0 spiro atoms. The van der Waals surface area contributed by atoms with Crippen molar-refractivity contribution in [2.24, 2.45) is 5.92 Å². The first kappa shape index (κ1) is 16.9. The first-order valence-electron chi connectivity index (χ1n) is 6.44. The SMILES string of the molecule is COCC(NC(=O)Nc1cc(C(=O)O)ccc1F)C(C)C. The van der Waals surface area contributed by atoms with E-state index in [1.54, 1.807) is 0 Å². The van der Waals surface area contributed by atoms with Crippen molar-refractivity contribution in [3.05, 3.63) is 29.6 Å². The van der Waals surface area contributed by atoms with E-state index < -0.39 is 17.8 Å². The minimum Gasteiger partial charge on any atom is -0.478 e. The predicted octanol–water partition coefficient (Wildman–Crippen LogP) is 2.32. The summed E-state index contributed by atoms with van der Waals surface area (Å²) in [6, 6.07) is 2.34. The van der Waals surface area contributed by atoms with E-state index in [4.69, 9.17) is 9.84 Å². The molecule has 1 atom stereocenters. The Morgan fingerprint density at radius 1 is 1.38 bits per heavy atom. The van der Waals surface area contributed by atoms with Gasteiger partial charge in [-0.25, -0.2) is 14.0 Å². The lowest BCUT2D eigenvalue weighted by Crippen LogP contribution is -2.43. The van der Waals surface area contributed by atoms with Gasteiger partial charge in [0.05, 0.1) is 23.9 Å². The molecular formula is C14H19FN2O4. The molecule has 0 fully saturated rings. The summed E-state index contributed by atoms with van der Waals surface area (Å²) >= 11 is 0. The van der Waals surface area contributed by atoms with Crippen LogP contribution in [-0.4, -0.2) is 36.9 Å². The Kier molecular flexibility index (Phi) is 6.10. The van der Waals surface area contributed by atoms with Crippen LogP contribution in [0.2, 0.25) is 0 Å². The first-order valence-corrected chi connectivity index (χ1v) is 6.44. The van der Waals surface area contributed by atoms with Crippen LogP contribution in [0.15, 0.2) is 18.2 Å². The zero-order valence-corrected chi connectivity index (χ0v) is 12.1. The van der Waals surface area contributed by atoms with E-state index in [0.29, 0.717) is 6.61 Å². The number of anilines is 1. The second-order valence-corrected chi connectivity index (χ2v) is 4.90. The fourth-order valence-corrected chi connectivity index (χ4v) is 1.66. The van der Waals surface area contributed by atoms with Crippen molar-refractivity contribution in [2.45, 2.75) is 19.9 Å². The number of benzene rings is 1. The van der Waals surface area contributed by atoms with Gasteiger partial charge in [-0.05, 0) is 24.1 Å². The van der Waals surface area contributed by atoms with Gasteiger partial charge in [0, 0.05) is 7.11 Å². The Morgan fingerprint density at radius 2 is 2.05 bits per heavy atom. The number of hydrogen-bond donors (Lipinski definition) is 3. The van der Waals surface area contributed by atoms with Gasteiger partial charge < -0.3 is 20.5 Å². The molecule has 1 unspecified atom stereocenters. The summed E-state index contributed by atoms with van der Waals surface area (Å²) in [5.74, 6) is -1.77. The maximum absolute atomic E-state index is 13.6. The molecule has 0 aliphatic rings. The second kappa shape index (κ2) is 7.58. The third kappa shape index (κ3) is 5.03. The molecule has 0 aliphatic carbocycles. The Bertz CT molecular complexity index is 520. The number of carboxylic acids is 1. The summed E-state index contributed by atoms with van der Waals surface area (Å²) in [7, 11) is 1.52. The van der Waals surface area contributed by atoms with E-state index >= 15 is 0 Å². The summed E-state index contributed by atoms with van der Waals surface area (Å²) in [5.41, 5.74) is -0.295. The van der Waals surface area contributed by atoms with Gasteiger partial charge in [0.25, 0.3) is 0 Å². The normalized spacial score (nSPS) is 12.0. The van der Waals surface area contributed by atoms with Crippen molar-refractivity contribution >= 4 is 17.7 Å². The maximum atomic E-state index is 13.6. The zero-order valence-electron chi connectivity index (χ0n) is 12.1. The first-order chi connectivity index (χ1) is 9.85. The van der Waals surface area contributed by atoms with Crippen LogP contribution in [-0.2, 0) is 4.74 Å². The number of carboxylic acid groups (broad SMARTS) is 1. The van der Waals surface area contributed by atoms with Crippen LogP contribution in [0.25, 0.3) is 0 Å². The molecule has 0 saturated heterocycles. The van der Waals surface area contributed by atoms with E-state index in [9.17, 15) is 14.0 Å². The molecule has 0 aliphatic heterocycles. The number of amides is 2. The Morgan fingerprint density at radius 3 is 2.57 bits per heavy atom. The van der Waals surface area contributed by atoms with Crippen molar-refractivity contribution in [2.75, 3.05) is 19.0 Å². The van der Waals surface area contributed by atoms with Gasteiger partial charge in [-0.15, -0.1) is 0 Å². The number of carbonyl (C=O) groups excluding carboxylic acids is 1. The predicted molar refractivity (Wildman–Crippen MR) is 76.0 cm³/mol. The van der Waals surface area contributed by atoms with Gasteiger partial charge in [0.15, 0.2) is 0 Å². The molecule has 1 aromatic carbocycles. The molecule has 21 heavy (non-hydrogen) atoms. The molecule has 0 heterocycles. The van der Waals surface area contributed by atoms with Crippen LogP contribution in [0, 0.1) is 11.7 Å². The highest BCUT2D eigenvalue weighted by atomic mass is 19.1. The number of urea groups is 1. The lowest BCUT2D eigenvalue weighted by molar-refractivity contribution is 0.0697. The van der Waals surface area contributed by atoms with Gasteiger partial charge in [-0.2, -0.15) is 0 Å². The smallest absolute Gasteiger partial charge is 0.335 e. The van der Waals surface area contributed by atoms with Crippen molar-refractivity contribution in [1.82, 2.24) is 5.32 Å². The summed E-state index contributed by atoms with van der Waals surface area (Å²) in [4.78, 5) is 22.7. The Hall–Kier alpha value is -2.15. The summed E-state index contributed by atoms with van der Waals surface area (Å²) in [6.45, 7) is 4.15. The van der Waals surface area contributed by atoms with Crippen molar-refractivity contribution in [3.8, 4) is 0 Å². The maximum Gasteiger partial charge on any atom is 0.335 e. The molecule has 0 saturated carbocycles. The molecule has 0 radical (unpaired) electrons. The molecule has 116 valence electrons. The minimum atomic E-state index is -1.20. The third-order valence-electron chi connectivity index (χ3n) is 2.93. The molecule has 1 aromatic rings. The molecule has 2 amide bonds. The largest absolute Gasteiger partial charge is 0.478 e. The Labute approximate surface area is 122 Å². The van der Waals surface area contributed by atoms with Crippen LogP contribution in [0.3, 0.4) is 0 Å². The lowest BCUT2D eigenvalue weighted by atomic mass is 10.1. The number of carbonyl (C=O) groups is 2. The zero-order chi connectivity index (χ0) is 16.0. The van der Waals surface area contributed by atoms with E-state index in [2.05, 4.69) is 10.6 Å². The number of methoxy groups -OCH3 is 1. The summed E-state index contributed by atoms with van der Waals surface area (Å²) in [6.07, 6.45) is 0. The fraction of sp³-hybridized carbons (Fsp3) is 0.429. The van der Waals surface area contributed by atoms with Crippen molar-refractivity contribution in [1.29, 1.82) is 0 Å². The number of halogens is 1. The number of aromatic carboxylic acids is 1. The quantitative estimate of drug-likeness (QED) is 0.752. The molecular weight excluding hydrogens is 279 g/mol. The Balaban J connectivity index is 2.78. The van der Waals surface area contributed by atoms with E-state index in [0.717, 1.165) is 18.2 Å². The number of ether oxygens (including phenoxy) is 1. The van der Waals surface area contributed by atoms with Crippen molar-refractivity contribution in [3.63, 3.8) is 0 Å². The van der Waals surface area contributed by atoms with E-state index in [1.807, 2.05) is 13.8 Å². The summed E-state index contributed by atoms with van der Waals surface area (Å²) < 4.78 is 18.6. The number of hydrogen-bond acceptors (Lipinski definition) is 3. The standard InChI is InChI=1S/C14H19FN2O4/c1-8(2)12(7-21-3)17-14(20)16-11-6-9(13(18)19)4-5-10(11)15/h4-6,8,12H,7H2,1-3H3,(H,18,19)(H2,16,17,20). The van der Waals surface area contributed by atoms with Crippen LogP contribution in [0.4, 0.5) is 14.9 Å². The molecule has 1 rings (SSSR count). The lowest BCUT2D eigenvalue weighted by Gasteiger charge is -2.21. The average Bonchev–Trinajstić information content (AvgIpc) is 2.40. The van der Waals surface area contributed by atoms with E-state index in [-0.39, 0.29) is 23.2 Å². The highest BCUT2D eigenvalue weighted by Crippen LogP contribution is 2.16. The topological polar surface area (TPSA) is 87.7 Å². The molecule has 0 bridgehead atoms. The monoisotopic (exact) mass is 298 g/mol. The molecule has 6 nitrogen and oxygen atoms in total. The van der Waals surface area contributed by atoms with Crippen LogP contribution >= 0.6 is 0 Å². The van der Waals surface area contributed by atoms with Gasteiger partial charge >= 0.3 is 12.0 Å². The van der Waals surface area contributed by atoms with Gasteiger partial charge in [0.2, 0.25) is 0 Å². The van der Waals surface area contributed by atoms with Crippen LogP contribution < -0.4 is 10.6 Å². The van der Waals surface area contributed by atoms with Crippen LogP contribution in [0.1, 0.15) is 24.2 Å².